The van der Waals surface area contributed by atoms with Gasteiger partial charge in [0, 0.05) is 9.79 Å². The van der Waals surface area contributed by atoms with E-state index in [0.717, 1.165) is 25.7 Å². The van der Waals surface area contributed by atoms with Crippen molar-refractivity contribution in [1.29, 1.82) is 0 Å². The van der Waals surface area contributed by atoms with E-state index in [9.17, 15) is 10.2 Å². The largest absolute Gasteiger partial charge is 0.508 e. The molecule has 3 heteroatoms. The van der Waals surface area contributed by atoms with Crippen LogP contribution in [0.3, 0.4) is 0 Å². The lowest BCUT2D eigenvalue weighted by atomic mass is 10.1. The van der Waals surface area contributed by atoms with Gasteiger partial charge in [0.05, 0.1) is 0 Å². The Labute approximate surface area is 130 Å². The van der Waals surface area contributed by atoms with Crippen LogP contribution in [0, 0.1) is 0 Å². The highest BCUT2D eigenvalue weighted by atomic mass is 32.2. The van der Waals surface area contributed by atoms with Gasteiger partial charge in [0.2, 0.25) is 0 Å². The SMILES string of the molecule is CCCc1cc(O)ccc1Sc1ccc(O)cc1CCC. The van der Waals surface area contributed by atoms with Crippen LogP contribution in [0.25, 0.3) is 0 Å². The zero-order chi connectivity index (χ0) is 15.2. The predicted octanol–water partition coefficient (Wildman–Crippen LogP) is 5.15. The summed E-state index contributed by atoms with van der Waals surface area (Å²) in [6, 6.07) is 11.1. The first-order valence-electron chi connectivity index (χ1n) is 7.45. The van der Waals surface area contributed by atoms with Crippen LogP contribution in [0.5, 0.6) is 11.5 Å². The molecular weight excluding hydrogens is 280 g/mol. The van der Waals surface area contributed by atoms with Gasteiger partial charge in [-0.05, 0) is 60.4 Å². The second-order valence-corrected chi connectivity index (χ2v) is 6.27. The van der Waals surface area contributed by atoms with E-state index < -0.39 is 0 Å². The first kappa shape index (κ1) is 15.8. The number of rotatable bonds is 6. The lowest BCUT2D eigenvalue weighted by Gasteiger charge is -2.12. The van der Waals surface area contributed by atoms with Gasteiger partial charge in [0.15, 0.2) is 0 Å². The van der Waals surface area contributed by atoms with Crippen molar-refractivity contribution in [3.63, 3.8) is 0 Å². The Morgan fingerprint density at radius 3 is 1.57 bits per heavy atom. The summed E-state index contributed by atoms with van der Waals surface area (Å²) >= 11 is 1.72. The lowest BCUT2D eigenvalue weighted by molar-refractivity contribution is 0.473. The monoisotopic (exact) mass is 302 g/mol. The fraction of sp³-hybridized carbons (Fsp3) is 0.333. The van der Waals surface area contributed by atoms with E-state index in [-0.39, 0.29) is 0 Å². The molecule has 21 heavy (non-hydrogen) atoms. The molecule has 0 heterocycles. The molecule has 2 aromatic rings. The van der Waals surface area contributed by atoms with Gasteiger partial charge in [0.25, 0.3) is 0 Å². The second-order valence-electron chi connectivity index (χ2n) is 5.19. The summed E-state index contributed by atoms with van der Waals surface area (Å²) in [4.78, 5) is 2.36. The molecule has 0 spiro atoms. The minimum absolute atomic E-state index is 0.322. The van der Waals surface area contributed by atoms with E-state index in [1.807, 2.05) is 24.3 Å². The zero-order valence-electron chi connectivity index (χ0n) is 12.6. The minimum Gasteiger partial charge on any atom is -0.508 e. The number of phenols is 2. The number of phenolic OH excluding ortho intramolecular Hbond substituents is 2. The molecule has 0 amide bonds. The molecule has 0 atom stereocenters. The number of aromatic hydroxyl groups is 2. The third-order valence-corrected chi connectivity index (χ3v) is 4.58. The van der Waals surface area contributed by atoms with E-state index in [1.165, 1.54) is 20.9 Å². The van der Waals surface area contributed by atoms with Crippen molar-refractivity contribution in [3.05, 3.63) is 47.5 Å². The highest BCUT2D eigenvalue weighted by Gasteiger charge is 2.09. The van der Waals surface area contributed by atoms with Crippen LogP contribution in [0.15, 0.2) is 46.2 Å². The first-order chi connectivity index (χ1) is 10.1. The van der Waals surface area contributed by atoms with Crippen molar-refractivity contribution in [2.75, 3.05) is 0 Å². The quantitative estimate of drug-likeness (QED) is 0.775. The second kappa shape index (κ2) is 7.41. The van der Waals surface area contributed by atoms with Crippen molar-refractivity contribution < 1.29 is 10.2 Å². The fourth-order valence-corrected chi connectivity index (χ4v) is 3.47. The van der Waals surface area contributed by atoms with Crippen LogP contribution in [-0.4, -0.2) is 10.2 Å². The van der Waals surface area contributed by atoms with Gasteiger partial charge in [-0.1, -0.05) is 38.5 Å². The van der Waals surface area contributed by atoms with Gasteiger partial charge >= 0.3 is 0 Å². The normalized spacial score (nSPS) is 10.8. The summed E-state index contributed by atoms with van der Waals surface area (Å²) in [6.07, 6.45) is 4.01. The molecule has 0 bridgehead atoms. The smallest absolute Gasteiger partial charge is 0.115 e. The van der Waals surface area contributed by atoms with Gasteiger partial charge in [0.1, 0.15) is 11.5 Å². The van der Waals surface area contributed by atoms with E-state index in [2.05, 4.69) is 13.8 Å². The summed E-state index contributed by atoms with van der Waals surface area (Å²) in [6.45, 7) is 4.28. The maximum Gasteiger partial charge on any atom is 0.115 e. The van der Waals surface area contributed by atoms with Gasteiger partial charge in [-0.15, -0.1) is 0 Å². The predicted molar refractivity (Wildman–Crippen MR) is 88.3 cm³/mol. The summed E-state index contributed by atoms with van der Waals surface area (Å²) in [5.41, 5.74) is 2.36. The van der Waals surface area contributed by atoms with E-state index in [0.29, 0.717) is 11.5 Å². The Balaban J connectivity index is 2.33. The zero-order valence-corrected chi connectivity index (χ0v) is 13.4. The Bertz CT molecular complexity index is 555. The van der Waals surface area contributed by atoms with E-state index in [4.69, 9.17) is 0 Å². The maximum absolute atomic E-state index is 9.66. The molecule has 0 radical (unpaired) electrons. The first-order valence-corrected chi connectivity index (χ1v) is 8.27. The molecule has 0 aliphatic heterocycles. The summed E-state index contributed by atoms with van der Waals surface area (Å²) in [5.74, 6) is 0.643. The molecule has 2 aromatic carbocycles. The standard InChI is InChI=1S/C18H22O2S/c1-3-5-13-11-15(19)7-9-17(13)21-18-10-8-16(20)12-14(18)6-4-2/h7-12,19-20H,3-6H2,1-2H3. The van der Waals surface area contributed by atoms with E-state index >= 15 is 0 Å². The third kappa shape index (κ3) is 4.18. The van der Waals surface area contributed by atoms with Crippen LogP contribution in [-0.2, 0) is 12.8 Å². The molecule has 2 N–H and O–H groups in total. The van der Waals surface area contributed by atoms with Crippen LogP contribution >= 0.6 is 11.8 Å². The summed E-state index contributed by atoms with van der Waals surface area (Å²) in [5, 5.41) is 19.3. The van der Waals surface area contributed by atoms with Gasteiger partial charge in [-0.25, -0.2) is 0 Å². The molecule has 0 fully saturated rings. The van der Waals surface area contributed by atoms with Crippen molar-refractivity contribution in [2.24, 2.45) is 0 Å². The highest BCUT2D eigenvalue weighted by molar-refractivity contribution is 7.99. The summed E-state index contributed by atoms with van der Waals surface area (Å²) in [7, 11) is 0. The Morgan fingerprint density at radius 1 is 0.762 bits per heavy atom. The molecule has 0 aliphatic carbocycles. The Morgan fingerprint density at radius 2 is 1.19 bits per heavy atom. The average molecular weight is 302 g/mol. The molecule has 0 unspecified atom stereocenters. The Kier molecular flexibility index (Phi) is 5.57. The molecule has 112 valence electrons. The Hall–Kier alpha value is -1.61. The molecule has 0 aliphatic rings. The molecule has 0 saturated carbocycles. The van der Waals surface area contributed by atoms with Crippen molar-refractivity contribution in [2.45, 2.75) is 49.3 Å². The topological polar surface area (TPSA) is 40.5 Å². The van der Waals surface area contributed by atoms with Crippen LogP contribution in [0.2, 0.25) is 0 Å². The minimum atomic E-state index is 0.322. The summed E-state index contributed by atoms with van der Waals surface area (Å²) < 4.78 is 0. The number of hydrogen-bond acceptors (Lipinski definition) is 3. The van der Waals surface area contributed by atoms with Gasteiger partial charge in [-0.3, -0.25) is 0 Å². The van der Waals surface area contributed by atoms with Crippen molar-refractivity contribution in [1.82, 2.24) is 0 Å². The molecule has 2 rings (SSSR count). The molecular formula is C18H22O2S. The van der Waals surface area contributed by atoms with Crippen molar-refractivity contribution >= 4 is 11.8 Å². The highest BCUT2D eigenvalue weighted by Crippen LogP contribution is 2.36. The van der Waals surface area contributed by atoms with Gasteiger partial charge in [-0.2, -0.15) is 0 Å². The van der Waals surface area contributed by atoms with Crippen LogP contribution in [0.4, 0.5) is 0 Å². The van der Waals surface area contributed by atoms with E-state index in [1.54, 1.807) is 23.9 Å². The molecule has 2 nitrogen and oxygen atoms in total. The van der Waals surface area contributed by atoms with Crippen molar-refractivity contribution in [3.8, 4) is 11.5 Å². The lowest BCUT2D eigenvalue weighted by Crippen LogP contribution is -1.91. The average Bonchev–Trinajstić information content (AvgIpc) is 2.45. The maximum atomic E-state index is 9.66. The van der Waals surface area contributed by atoms with Gasteiger partial charge < -0.3 is 10.2 Å². The van der Waals surface area contributed by atoms with Crippen LogP contribution in [0.1, 0.15) is 37.8 Å². The van der Waals surface area contributed by atoms with Crippen LogP contribution < -0.4 is 0 Å². The third-order valence-electron chi connectivity index (χ3n) is 3.35. The number of hydrogen-bond donors (Lipinski definition) is 2. The molecule has 0 saturated heterocycles. The fourth-order valence-electron chi connectivity index (χ4n) is 2.38. The molecule has 0 aromatic heterocycles. The number of aryl methyl sites for hydroxylation is 2. The number of benzene rings is 2.